The van der Waals surface area contributed by atoms with Crippen LogP contribution in [0.4, 0.5) is 0 Å². The SMILES string of the molecule is c1cc2c(s1)CCN(CCC1CCNC1)C2. The lowest BCUT2D eigenvalue weighted by atomic mass is 10.0. The predicted octanol–water partition coefficient (Wildman–Crippen LogP) is 2.11. The van der Waals surface area contributed by atoms with Gasteiger partial charge in [0.25, 0.3) is 0 Å². The van der Waals surface area contributed by atoms with Crippen LogP contribution in [0.15, 0.2) is 11.4 Å². The normalized spacial score (nSPS) is 25.9. The van der Waals surface area contributed by atoms with E-state index >= 15 is 0 Å². The summed E-state index contributed by atoms with van der Waals surface area (Å²) in [7, 11) is 0. The molecular formula is C13H20N2S. The molecule has 0 saturated carbocycles. The van der Waals surface area contributed by atoms with Gasteiger partial charge in [0.2, 0.25) is 0 Å². The Morgan fingerprint density at radius 3 is 3.38 bits per heavy atom. The number of nitrogens with zero attached hydrogens (tertiary/aromatic N) is 1. The van der Waals surface area contributed by atoms with Crippen LogP contribution < -0.4 is 5.32 Å². The minimum absolute atomic E-state index is 0.934. The summed E-state index contributed by atoms with van der Waals surface area (Å²) < 4.78 is 0. The number of nitrogens with one attached hydrogen (secondary N) is 1. The summed E-state index contributed by atoms with van der Waals surface area (Å²) in [6.45, 7) is 6.24. The van der Waals surface area contributed by atoms with Crippen molar-refractivity contribution in [1.29, 1.82) is 0 Å². The van der Waals surface area contributed by atoms with E-state index in [4.69, 9.17) is 0 Å². The zero-order valence-electron chi connectivity index (χ0n) is 9.74. The average molecular weight is 236 g/mol. The van der Waals surface area contributed by atoms with Crippen molar-refractivity contribution in [3.8, 4) is 0 Å². The average Bonchev–Trinajstić information content (AvgIpc) is 2.97. The molecule has 0 aromatic carbocycles. The molecule has 3 heteroatoms. The van der Waals surface area contributed by atoms with Gasteiger partial charge in [0.15, 0.2) is 0 Å². The fourth-order valence-electron chi connectivity index (χ4n) is 2.82. The monoisotopic (exact) mass is 236 g/mol. The molecule has 2 nitrogen and oxygen atoms in total. The van der Waals surface area contributed by atoms with E-state index < -0.39 is 0 Å². The third kappa shape index (κ3) is 2.31. The third-order valence-electron chi connectivity index (χ3n) is 3.90. The molecule has 1 aromatic rings. The van der Waals surface area contributed by atoms with E-state index in [0.717, 1.165) is 5.92 Å². The Labute approximate surface area is 102 Å². The van der Waals surface area contributed by atoms with E-state index in [1.165, 1.54) is 52.0 Å². The Hall–Kier alpha value is -0.380. The van der Waals surface area contributed by atoms with E-state index in [-0.39, 0.29) is 0 Å². The molecule has 1 fully saturated rings. The minimum Gasteiger partial charge on any atom is -0.316 e. The molecule has 1 atom stereocenters. The van der Waals surface area contributed by atoms with Crippen LogP contribution in [0.25, 0.3) is 0 Å². The molecule has 1 aromatic heterocycles. The Balaban J connectivity index is 1.50. The van der Waals surface area contributed by atoms with Crippen LogP contribution in [0.1, 0.15) is 23.3 Å². The molecule has 1 saturated heterocycles. The first-order valence-corrected chi connectivity index (χ1v) is 7.28. The molecule has 16 heavy (non-hydrogen) atoms. The molecule has 0 amide bonds. The molecule has 1 unspecified atom stereocenters. The van der Waals surface area contributed by atoms with Crippen molar-refractivity contribution in [1.82, 2.24) is 10.2 Å². The second kappa shape index (κ2) is 4.86. The van der Waals surface area contributed by atoms with Gasteiger partial charge in [-0.25, -0.2) is 0 Å². The molecule has 3 rings (SSSR count). The highest BCUT2D eigenvalue weighted by Gasteiger charge is 2.19. The molecular weight excluding hydrogens is 216 g/mol. The summed E-state index contributed by atoms with van der Waals surface area (Å²) in [5, 5.41) is 5.70. The van der Waals surface area contributed by atoms with Gasteiger partial charge in [-0.3, -0.25) is 4.90 Å². The van der Waals surface area contributed by atoms with E-state index in [2.05, 4.69) is 21.7 Å². The molecule has 0 spiro atoms. The highest BCUT2D eigenvalue weighted by atomic mass is 32.1. The zero-order chi connectivity index (χ0) is 10.8. The van der Waals surface area contributed by atoms with Crippen LogP contribution in [0, 0.1) is 5.92 Å². The molecule has 0 aliphatic carbocycles. The minimum atomic E-state index is 0.934. The maximum atomic E-state index is 3.45. The fraction of sp³-hybridized carbons (Fsp3) is 0.692. The zero-order valence-corrected chi connectivity index (χ0v) is 10.6. The van der Waals surface area contributed by atoms with Crippen LogP contribution in [0.5, 0.6) is 0 Å². The summed E-state index contributed by atoms with van der Waals surface area (Å²) in [5.74, 6) is 0.934. The van der Waals surface area contributed by atoms with Gasteiger partial charge in [0.1, 0.15) is 0 Å². The number of hydrogen-bond donors (Lipinski definition) is 1. The van der Waals surface area contributed by atoms with Gasteiger partial charge >= 0.3 is 0 Å². The first kappa shape index (κ1) is 10.8. The van der Waals surface area contributed by atoms with Crippen molar-refractivity contribution in [2.75, 3.05) is 26.2 Å². The Bertz CT molecular complexity index is 341. The quantitative estimate of drug-likeness (QED) is 0.864. The Morgan fingerprint density at radius 2 is 2.50 bits per heavy atom. The first-order chi connectivity index (χ1) is 7.92. The van der Waals surface area contributed by atoms with Crippen molar-refractivity contribution in [2.24, 2.45) is 5.92 Å². The van der Waals surface area contributed by atoms with Gasteiger partial charge in [0, 0.05) is 18.0 Å². The van der Waals surface area contributed by atoms with Crippen molar-refractivity contribution in [3.63, 3.8) is 0 Å². The molecule has 2 aliphatic heterocycles. The second-order valence-corrected chi connectivity index (χ2v) is 6.04. The molecule has 1 N–H and O–H groups in total. The van der Waals surface area contributed by atoms with Gasteiger partial charge in [-0.15, -0.1) is 11.3 Å². The molecule has 88 valence electrons. The lowest BCUT2D eigenvalue weighted by Gasteiger charge is -2.27. The first-order valence-electron chi connectivity index (χ1n) is 6.40. The van der Waals surface area contributed by atoms with E-state index in [1.54, 1.807) is 10.4 Å². The van der Waals surface area contributed by atoms with Gasteiger partial charge < -0.3 is 5.32 Å². The summed E-state index contributed by atoms with van der Waals surface area (Å²) in [5.41, 5.74) is 1.58. The fourth-order valence-corrected chi connectivity index (χ4v) is 3.71. The van der Waals surface area contributed by atoms with Gasteiger partial charge in [-0.1, -0.05) is 0 Å². The third-order valence-corrected chi connectivity index (χ3v) is 4.93. The van der Waals surface area contributed by atoms with Crippen molar-refractivity contribution in [3.05, 3.63) is 21.9 Å². The second-order valence-electron chi connectivity index (χ2n) is 5.04. The molecule has 0 radical (unpaired) electrons. The van der Waals surface area contributed by atoms with Crippen molar-refractivity contribution in [2.45, 2.75) is 25.8 Å². The van der Waals surface area contributed by atoms with E-state index in [1.807, 2.05) is 11.3 Å². The maximum absolute atomic E-state index is 3.45. The lowest BCUT2D eigenvalue weighted by molar-refractivity contribution is 0.238. The summed E-state index contributed by atoms with van der Waals surface area (Å²) >= 11 is 1.93. The summed E-state index contributed by atoms with van der Waals surface area (Å²) in [6, 6.07) is 2.31. The number of hydrogen-bond acceptors (Lipinski definition) is 3. The van der Waals surface area contributed by atoms with Crippen LogP contribution in [0.2, 0.25) is 0 Å². The molecule has 2 aliphatic rings. The van der Waals surface area contributed by atoms with Crippen LogP contribution >= 0.6 is 11.3 Å². The highest BCUT2D eigenvalue weighted by molar-refractivity contribution is 7.10. The molecule has 0 bridgehead atoms. The van der Waals surface area contributed by atoms with Crippen LogP contribution in [-0.2, 0) is 13.0 Å². The Kier molecular flexibility index (Phi) is 3.27. The standard InChI is InChI=1S/C13H20N2S/c1-5-14-9-11(1)2-6-15-7-3-13-12(10-15)4-8-16-13/h4,8,11,14H,1-3,5-7,9-10H2. The summed E-state index contributed by atoms with van der Waals surface area (Å²) in [4.78, 5) is 4.26. The van der Waals surface area contributed by atoms with E-state index in [0.29, 0.717) is 0 Å². The van der Waals surface area contributed by atoms with Crippen LogP contribution in [0.3, 0.4) is 0 Å². The predicted molar refractivity (Wildman–Crippen MR) is 68.9 cm³/mol. The van der Waals surface area contributed by atoms with Gasteiger partial charge in [-0.05, 0) is 61.8 Å². The van der Waals surface area contributed by atoms with Crippen molar-refractivity contribution >= 4 is 11.3 Å². The highest BCUT2D eigenvalue weighted by Crippen LogP contribution is 2.24. The lowest BCUT2D eigenvalue weighted by Crippen LogP contribution is -2.31. The number of rotatable bonds is 3. The van der Waals surface area contributed by atoms with E-state index in [9.17, 15) is 0 Å². The largest absolute Gasteiger partial charge is 0.316 e. The van der Waals surface area contributed by atoms with Gasteiger partial charge in [0.05, 0.1) is 0 Å². The smallest absolute Gasteiger partial charge is 0.0244 e. The topological polar surface area (TPSA) is 15.3 Å². The maximum Gasteiger partial charge on any atom is 0.0244 e. The van der Waals surface area contributed by atoms with Crippen molar-refractivity contribution < 1.29 is 0 Å². The number of fused-ring (bicyclic) bond motifs is 1. The van der Waals surface area contributed by atoms with Crippen LogP contribution in [-0.4, -0.2) is 31.1 Å². The Morgan fingerprint density at radius 1 is 1.50 bits per heavy atom. The molecule has 3 heterocycles. The summed E-state index contributed by atoms with van der Waals surface area (Å²) in [6.07, 6.45) is 4.04. The van der Waals surface area contributed by atoms with Gasteiger partial charge in [-0.2, -0.15) is 0 Å². The number of thiophene rings is 1.